The summed E-state index contributed by atoms with van der Waals surface area (Å²) < 4.78 is 0.872. The van der Waals surface area contributed by atoms with E-state index in [1.807, 2.05) is 0 Å². The summed E-state index contributed by atoms with van der Waals surface area (Å²) in [6.07, 6.45) is 1.62. The van der Waals surface area contributed by atoms with Crippen molar-refractivity contribution in [2.45, 2.75) is 0 Å². The molecule has 0 saturated carbocycles. The first-order valence-corrected chi connectivity index (χ1v) is 4.30. The molecule has 1 rings (SSSR count). The van der Waals surface area contributed by atoms with Gasteiger partial charge in [0.1, 0.15) is 12.4 Å². The van der Waals surface area contributed by atoms with Gasteiger partial charge in [0, 0.05) is 10.7 Å². The van der Waals surface area contributed by atoms with Crippen LogP contribution in [0.1, 0.15) is 0 Å². The molecule has 0 bridgehead atoms. The van der Waals surface area contributed by atoms with E-state index < -0.39 is 5.97 Å². The number of aromatic nitrogens is 1. The zero-order valence-corrected chi connectivity index (χ0v) is 8.21. The number of anilines is 1. The second kappa shape index (κ2) is 4.78. The van der Waals surface area contributed by atoms with E-state index >= 15 is 0 Å². The molecule has 0 aliphatic carbocycles. The van der Waals surface area contributed by atoms with Gasteiger partial charge >= 0.3 is 5.97 Å². The number of hydrazine groups is 1. The minimum atomic E-state index is -0.926. The van der Waals surface area contributed by atoms with E-state index in [0.717, 1.165) is 4.47 Å². The number of rotatable bonds is 4. The summed E-state index contributed by atoms with van der Waals surface area (Å²) in [4.78, 5) is 14.1. The monoisotopic (exact) mass is 245 g/mol. The Balaban J connectivity index is 2.37. The van der Waals surface area contributed by atoms with Crippen molar-refractivity contribution in [3.05, 3.63) is 22.8 Å². The highest BCUT2D eigenvalue weighted by molar-refractivity contribution is 9.10. The SMILES string of the molecule is O=C(O)CNNc1ccc(Br)cn1. The highest BCUT2D eigenvalue weighted by Crippen LogP contribution is 2.09. The first-order chi connectivity index (χ1) is 6.18. The number of carboxylic acid groups (broad SMARTS) is 1. The van der Waals surface area contributed by atoms with Gasteiger partial charge in [-0.3, -0.25) is 4.79 Å². The Morgan fingerprint density at radius 3 is 2.92 bits per heavy atom. The molecule has 6 heteroatoms. The van der Waals surface area contributed by atoms with Gasteiger partial charge in [-0.15, -0.1) is 0 Å². The van der Waals surface area contributed by atoms with Crippen LogP contribution in [0.15, 0.2) is 22.8 Å². The van der Waals surface area contributed by atoms with E-state index in [1.54, 1.807) is 18.3 Å². The van der Waals surface area contributed by atoms with E-state index in [9.17, 15) is 4.79 Å². The molecule has 0 saturated heterocycles. The van der Waals surface area contributed by atoms with E-state index in [1.165, 1.54) is 0 Å². The quantitative estimate of drug-likeness (QED) is 0.686. The first-order valence-electron chi connectivity index (χ1n) is 3.50. The van der Waals surface area contributed by atoms with Crippen molar-refractivity contribution in [1.82, 2.24) is 10.4 Å². The number of pyridine rings is 1. The Morgan fingerprint density at radius 1 is 1.62 bits per heavy atom. The van der Waals surface area contributed by atoms with Gasteiger partial charge in [-0.05, 0) is 28.1 Å². The van der Waals surface area contributed by atoms with Gasteiger partial charge in [0.2, 0.25) is 0 Å². The maximum atomic E-state index is 10.1. The van der Waals surface area contributed by atoms with Crippen LogP contribution in [-0.2, 0) is 4.79 Å². The molecule has 0 amide bonds. The fourth-order valence-electron chi connectivity index (χ4n) is 0.660. The largest absolute Gasteiger partial charge is 0.480 e. The normalized spacial score (nSPS) is 9.62. The summed E-state index contributed by atoms with van der Waals surface area (Å²) in [7, 11) is 0. The highest BCUT2D eigenvalue weighted by Gasteiger charge is 1.95. The van der Waals surface area contributed by atoms with Crippen LogP contribution >= 0.6 is 15.9 Å². The van der Waals surface area contributed by atoms with Crippen LogP contribution in [0.3, 0.4) is 0 Å². The molecule has 5 nitrogen and oxygen atoms in total. The first kappa shape index (κ1) is 9.94. The van der Waals surface area contributed by atoms with Crippen LogP contribution < -0.4 is 10.9 Å². The number of nitrogens with zero attached hydrogens (tertiary/aromatic N) is 1. The summed E-state index contributed by atoms with van der Waals surface area (Å²) in [5.74, 6) is -0.353. The molecule has 0 aliphatic heterocycles. The molecule has 1 aromatic heterocycles. The molecule has 0 unspecified atom stereocenters. The molecule has 13 heavy (non-hydrogen) atoms. The lowest BCUT2D eigenvalue weighted by atomic mass is 10.5. The molecule has 1 heterocycles. The lowest BCUT2D eigenvalue weighted by Crippen LogP contribution is -2.28. The smallest absolute Gasteiger partial charge is 0.319 e. The van der Waals surface area contributed by atoms with Gasteiger partial charge in [0.05, 0.1) is 0 Å². The molecule has 0 aliphatic rings. The third-order valence-corrected chi connectivity index (χ3v) is 1.65. The number of hydrogen-bond acceptors (Lipinski definition) is 4. The summed E-state index contributed by atoms with van der Waals surface area (Å²) in [6, 6.07) is 3.52. The number of halogens is 1. The van der Waals surface area contributed by atoms with Gasteiger partial charge < -0.3 is 10.5 Å². The van der Waals surface area contributed by atoms with Gasteiger partial charge in [0.25, 0.3) is 0 Å². The Hall–Kier alpha value is -1.14. The number of nitrogens with one attached hydrogen (secondary N) is 2. The number of carboxylic acids is 1. The highest BCUT2D eigenvalue weighted by atomic mass is 79.9. The second-order valence-corrected chi connectivity index (χ2v) is 3.15. The third-order valence-electron chi connectivity index (χ3n) is 1.18. The van der Waals surface area contributed by atoms with E-state index in [-0.39, 0.29) is 6.54 Å². The standard InChI is InChI=1S/C7H8BrN3O2/c8-5-1-2-6(9-3-5)11-10-4-7(12)13/h1-3,10H,4H2,(H,9,11)(H,12,13). The minimum absolute atomic E-state index is 0.155. The Bertz CT molecular complexity index is 288. The molecular weight excluding hydrogens is 238 g/mol. The maximum Gasteiger partial charge on any atom is 0.319 e. The molecule has 0 aromatic carbocycles. The zero-order chi connectivity index (χ0) is 9.68. The summed E-state index contributed by atoms with van der Waals surface area (Å²) in [6.45, 7) is -0.155. The predicted molar refractivity (Wildman–Crippen MR) is 51.2 cm³/mol. The van der Waals surface area contributed by atoms with Gasteiger partial charge in [-0.25, -0.2) is 10.4 Å². The van der Waals surface area contributed by atoms with Gasteiger partial charge in [0.15, 0.2) is 0 Å². The summed E-state index contributed by atoms with van der Waals surface area (Å²) >= 11 is 3.23. The Labute approximate surface area is 83.3 Å². The zero-order valence-electron chi connectivity index (χ0n) is 6.62. The molecular formula is C7H8BrN3O2. The van der Waals surface area contributed by atoms with Gasteiger partial charge in [-0.1, -0.05) is 0 Å². The van der Waals surface area contributed by atoms with Crippen LogP contribution in [0.2, 0.25) is 0 Å². The van der Waals surface area contributed by atoms with Crippen LogP contribution in [0, 0.1) is 0 Å². The van der Waals surface area contributed by atoms with Crippen molar-refractivity contribution < 1.29 is 9.90 Å². The fourth-order valence-corrected chi connectivity index (χ4v) is 0.895. The predicted octanol–water partition coefficient (Wildman–Crippen LogP) is 0.845. The molecule has 0 spiro atoms. The molecule has 0 atom stereocenters. The molecule has 0 fully saturated rings. The van der Waals surface area contributed by atoms with Crippen LogP contribution in [0.4, 0.5) is 5.82 Å². The molecule has 1 aromatic rings. The summed E-state index contributed by atoms with van der Waals surface area (Å²) in [5.41, 5.74) is 5.13. The third kappa shape index (κ3) is 3.86. The average molecular weight is 246 g/mol. The van der Waals surface area contributed by atoms with E-state index in [0.29, 0.717) is 5.82 Å². The fraction of sp³-hybridized carbons (Fsp3) is 0.143. The van der Waals surface area contributed by atoms with Crippen molar-refractivity contribution in [2.24, 2.45) is 0 Å². The van der Waals surface area contributed by atoms with Crippen LogP contribution in [0.25, 0.3) is 0 Å². The average Bonchev–Trinajstić information content (AvgIpc) is 2.08. The van der Waals surface area contributed by atoms with Crippen molar-refractivity contribution in [3.63, 3.8) is 0 Å². The van der Waals surface area contributed by atoms with Crippen molar-refractivity contribution in [1.29, 1.82) is 0 Å². The second-order valence-electron chi connectivity index (χ2n) is 2.23. The molecule has 0 radical (unpaired) electrons. The molecule has 3 N–H and O–H groups in total. The minimum Gasteiger partial charge on any atom is -0.480 e. The van der Waals surface area contributed by atoms with Crippen LogP contribution in [-0.4, -0.2) is 22.6 Å². The van der Waals surface area contributed by atoms with Crippen molar-refractivity contribution in [3.8, 4) is 0 Å². The lowest BCUT2D eigenvalue weighted by Gasteiger charge is -2.04. The van der Waals surface area contributed by atoms with E-state index in [2.05, 4.69) is 31.8 Å². The van der Waals surface area contributed by atoms with Crippen molar-refractivity contribution >= 4 is 27.7 Å². The number of aliphatic carboxylic acids is 1. The summed E-state index contributed by atoms with van der Waals surface area (Å²) in [5, 5.41) is 8.31. The lowest BCUT2D eigenvalue weighted by molar-refractivity contribution is -0.135. The maximum absolute atomic E-state index is 10.1. The number of hydrogen-bond donors (Lipinski definition) is 3. The molecule has 70 valence electrons. The van der Waals surface area contributed by atoms with E-state index in [4.69, 9.17) is 5.11 Å². The Morgan fingerprint density at radius 2 is 2.38 bits per heavy atom. The number of carbonyl (C=O) groups is 1. The van der Waals surface area contributed by atoms with Gasteiger partial charge in [-0.2, -0.15) is 0 Å². The Kier molecular flexibility index (Phi) is 3.66. The van der Waals surface area contributed by atoms with Crippen LogP contribution in [0.5, 0.6) is 0 Å². The van der Waals surface area contributed by atoms with Crippen molar-refractivity contribution in [2.75, 3.05) is 12.0 Å². The topological polar surface area (TPSA) is 74.2 Å².